The molecule has 0 amide bonds. The zero-order valence-corrected chi connectivity index (χ0v) is 22.9. The van der Waals surface area contributed by atoms with Crippen LogP contribution in [0.4, 0.5) is 0 Å². The molecular formula is C27H31ClO15. The molecule has 43 heavy (non-hydrogen) atoms. The molecule has 9 N–H and O–H groups in total. The standard InChI is InChI=1S/C27H30O15.ClH/c28-8-17-19(32)21(34)23(36)26(41-17)39-15-6-12(31)5-14-13(15)7-16(25(38-14)10-1-3-11(30)4-2-10)40-27-24(37)22(35)20(33)18(9-29)42-27;/h1-7,17-24,26-30,32-37H,8-9H2;1H/t17-,18-,19-,20-,21+,22+,23-,24-,26-,27-;/m1./s1. The number of fused-ring (bicyclic) bond motifs is 1. The fourth-order valence-electron chi connectivity index (χ4n) is 4.74. The van der Waals surface area contributed by atoms with Gasteiger partial charge in [0, 0.05) is 17.7 Å². The van der Waals surface area contributed by atoms with Crippen LogP contribution in [0.15, 0.2) is 51.7 Å². The molecule has 1 aromatic carbocycles. The van der Waals surface area contributed by atoms with Gasteiger partial charge in [0.1, 0.15) is 66.1 Å². The van der Waals surface area contributed by atoms with Crippen LogP contribution in [-0.4, -0.2) is 121 Å². The van der Waals surface area contributed by atoms with Gasteiger partial charge < -0.3 is 69.3 Å². The van der Waals surface area contributed by atoms with E-state index in [-0.39, 0.29) is 46.7 Å². The number of rotatable bonds is 7. The van der Waals surface area contributed by atoms with Gasteiger partial charge in [0.15, 0.2) is 16.9 Å². The molecule has 3 aliphatic heterocycles. The first-order valence-corrected chi connectivity index (χ1v) is 12.9. The summed E-state index contributed by atoms with van der Waals surface area (Å²) in [6.45, 7) is -1.42. The highest BCUT2D eigenvalue weighted by Crippen LogP contribution is 2.43. The van der Waals surface area contributed by atoms with Crippen molar-refractivity contribution in [3.05, 3.63) is 52.7 Å². The average Bonchev–Trinajstić information content (AvgIpc) is 2.98. The van der Waals surface area contributed by atoms with Crippen LogP contribution in [0.25, 0.3) is 22.6 Å². The highest BCUT2D eigenvalue weighted by molar-refractivity contribution is 5.85. The number of aliphatic hydroxyl groups excluding tert-OH is 8. The molecule has 1 aromatic rings. The van der Waals surface area contributed by atoms with Crippen molar-refractivity contribution in [3.8, 4) is 39.9 Å². The molecule has 236 valence electrons. The van der Waals surface area contributed by atoms with Gasteiger partial charge >= 0.3 is 0 Å². The maximum atomic E-state index is 12.6. The second-order valence-corrected chi connectivity index (χ2v) is 9.95. The van der Waals surface area contributed by atoms with E-state index in [4.69, 9.17) is 23.4 Å². The van der Waals surface area contributed by atoms with Gasteiger partial charge in [-0.3, -0.25) is 4.79 Å². The van der Waals surface area contributed by atoms with Crippen LogP contribution >= 0.6 is 12.4 Å². The lowest BCUT2D eigenvalue weighted by Crippen LogP contribution is -2.60. The topological polar surface area (TPSA) is 249 Å². The highest BCUT2D eigenvalue weighted by Gasteiger charge is 2.46. The van der Waals surface area contributed by atoms with E-state index in [2.05, 4.69) is 0 Å². The fourth-order valence-corrected chi connectivity index (χ4v) is 4.74. The maximum absolute atomic E-state index is 12.6. The van der Waals surface area contributed by atoms with E-state index in [9.17, 15) is 50.8 Å². The van der Waals surface area contributed by atoms with Crippen LogP contribution < -0.4 is 14.9 Å². The molecule has 2 fully saturated rings. The Morgan fingerprint density at radius 1 is 0.674 bits per heavy atom. The number of ether oxygens (including phenoxy) is 4. The molecule has 0 bridgehead atoms. The van der Waals surface area contributed by atoms with E-state index in [1.165, 1.54) is 30.3 Å². The molecule has 4 aliphatic rings. The molecule has 0 aromatic heterocycles. The average molecular weight is 631 g/mol. The summed E-state index contributed by atoms with van der Waals surface area (Å²) in [5.41, 5.74) is -0.194. The minimum Gasteiger partial charge on any atom is -0.508 e. The number of phenolic OH excluding ortho intramolecular Hbond substituents is 1. The monoisotopic (exact) mass is 630 g/mol. The van der Waals surface area contributed by atoms with Crippen LogP contribution in [0.5, 0.6) is 17.2 Å². The molecule has 10 atom stereocenters. The Kier molecular flexibility index (Phi) is 10.2. The summed E-state index contributed by atoms with van der Waals surface area (Å²) in [4.78, 5) is 12.6. The van der Waals surface area contributed by atoms with Crippen molar-refractivity contribution in [2.24, 2.45) is 0 Å². The Labute approximate surface area is 249 Å². The van der Waals surface area contributed by atoms with E-state index in [1.807, 2.05) is 0 Å². The van der Waals surface area contributed by atoms with Crippen molar-refractivity contribution < 1.29 is 69.3 Å². The Morgan fingerprint density at radius 3 is 1.70 bits per heavy atom. The molecule has 0 spiro atoms. The van der Waals surface area contributed by atoms with Crippen LogP contribution in [0.3, 0.4) is 0 Å². The Morgan fingerprint density at radius 2 is 1.19 bits per heavy atom. The van der Waals surface area contributed by atoms with E-state index < -0.39 is 80.1 Å². The third kappa shape index (κ3) is 6.43. The molecule has 15 nitrogen and oxygen atoms in total. The molecule has 1 aliphatic carbocycles. The minimum absolute atomic E-state index is 0. The summed E-state index contributed by atoms with van der Waals surface area (Å²) in [5.74, 6) is -0.500. The van der Waals surface area contributed by atoms with E-state index >= 15 is 0 Å². The lowest BCUT2D eigenvalue weighted by atomic mass is 9.99. The van der Waals surface area contributed by atoms with E-state index in [0.717, 1.165) is 12.1 Å². The Bertz CT molecular complexity index is 1400. The first-order valence-electron chi connectivity index (χ1n) is 12.9. The third-order valence-electron chi connectivity index (χ3n) is 7.10. The number of hydrogen-bond donors (Lipinski definition) is 9. The smallest absolute Gasteiger partial charge is 0.229 e. The van der Waals surface area contributed by atoms with Crippen LogP contribution in [0.2, 0.25) is 0 Å². The van der Waals surface area contributed by atoms with Crippen molar-refractivity contribution in [2.75, 3.05) is 13.2 Å². The quantitative estimate of drug-likeness (QED) is 0.136. The van der Waals surface area contributed by atoms with E-state index in [1.54, 1.807) is 0 Å². The Balaban J connectivity index is 0.00000423. The van der Waals surface area contributed by atoms with Gasteiger partial charge in [-0.15, -0.1) is 12.4 Å². The SMILES string of the molecule is Cl.O=c1cc2oc(-c3ccc(O)cc3)c(O[C@@H]3O[C@H](CO)[C@@H](O)[C@H](O)[C@H]3O)cc-2c(O[C@@H]2O[C@H](CO)[C@@H](O)[C@H](O)[C@H]2O)c1. The van der Waals surface area contributed by atoms with Gasteiger partial charge in [-0.25, -0.2) is 0 Å². The zero-order valence-electron chi connectivity index (χ0n) is 22.1. The number of halogens is 1. The number of aliphatic hydroxyl groups is 8. The van der Waals surface area contributed by atoms with Gasteiger partial charge in [0.2, 0.25) is 12.6 Å². The zero-order chi connectivity index (χ0) is 30.3. The number of phenols is 1. The van der Waals surface area contributed by atoms with Crippen molar-refractivity contribution in [3.63, 3.8) is 0 Å². The van der Waals surface area contributed by atoms with Crippen LogP contribution in [0.1, 0.15) is 0 Å². The second kappa shape index (κ2) is 13.3. The summed E-state index contributed by atoms with van der Waals surface area (Å²) in [6, 6.07) is 9.10. The lowest BCUT2D eigenvalue weighted by Gasteiger charge is -2.40. The number of aromatic hydroxyl groups is 1. The predicted octanol–water partition coefficient (Wildman–Crippen LogP) is -2.10. The molecular weight excluding hydrogens is 600 g/mol. The highest BCUT2D eigenvalue weighted by atomic mass is 35.5. The molecule has 0 unspecified atom stereocenters. The molecule has 16 heteroatoms. The number of hydrogen-bond acceptors (Lipinski definition) is 15. The molecule has 2 saturated heterocycles. The second-order valence-electron chi connectivity index (χ2n) is 9.95. The number of benzene rings is 2. The summed E-state index contributed by atoms with van der Waals surface area (Å²) in [5, 5.41) is 90.4. The first-order chi connectivity index (χ1) is 20.0. The predicted molar refractivity (Wildman–Crippen MR) is 145 cm³/mol. The molecule has 5 rings (SSSR count). The van der Waals surface area contributed by atoms with Gasteiger partial charge in [0.05, 0.1) is 18.8 Å². The summed E-state index contributed by atoms with van der Waals surface area (Å²) >= 11 is 0. The van der Waals surface area contributed by atoms with Crippen LogP contribution in [0, 0.1) is 0 Å². The normalized spacial score (nSPS) is 32.7. The van der Waals surface area contributed by atoms with Gasteiger partial charge in [0.25, 0.3) is 0 Å². The van der Waals surface area contributed by atoms with Gasteiger partial charge in [-0.05, 0) is 30.3 Å². The lowest BCUT2D eigenvalue weighted by molar-refractivity contribution is -0.277. The summed E-state index contributed by atoms with van der Waals surface area (Å²) in [6.07, 6.45) is -16.2. The van der Waals surface area contributed by atoms with Gasteiger partial charge in [-0.2, -0.15) is 0 Å². The first kappa shape index (κ1) is 32.8. The molecule has 0 radical (unpaired) electrons. The molecule has 0 saturated carbocycles. The minimum atomic E-state index is -1.79. The third-order valence-corrected chi connectivity index (χ3v) is 7.10. The Hall–Kier alpha value is -3.06. The van der Waals surface area contributed by atoms with Crippen molar-refractivity contribution >= 4 is 12.4 Å². The maximum Gasteiger partial charge on any atom is 0.229 e. The van der Waals surface area contributed by atoms with Crippen molar-refractivity contribution in [1.29, 1.82) is 0 Å². The van der Waals surface area contributed by atoms with Crippen molar-refractivity contribution in [2.45, 2.75) is 61.4 Å². The van der Waals surface area contributed by atoms with Crippen LogP contribution in [-0.2, 0) is 9.47 Å². The van der Waals surface area contributed by atoms with E-state index in [0.29, 0.717) is 5.56 Å². The summed E-state index contributed by atoms with van der Waals surface area (Å²) < 4.78 is 28.4. The molecule has 3 heterocycles. The van der Waals surface area contributed by atoms with Gasteiger partial charge in [-0.1, -0.05) is 0 Å². The van der Waals surface area contributed by atoms with Crippen molar-refractivity contribution in [1.82, 2.24) is 0 Å². The largest absolute Gasteiger partial charge is 0.508 e. The summed E-state index contributed by atoms with van der Waals surface area (Å²) in [7, 11) is 0. The fraction of sp³-hybridized carbons (Fsp3) is 0.444.